The van der Waals surface area contributed by atoms with E-state index in [2.05, 4.69) is 9.72 Å². The maximum absolute atomic E-state index is 12.3. The van der Waals surface area contributed by atoms with Crippen molar-refractivity contribution in [1.29, 1.82) is 0 Å². The van der Waals surface area contributed by atoms with E-state index >= 15 is 0 Å². The highest BCUT2D eigenvalue weighted by Crippen LogP contribution is 2.24. The highest BCUT2D eigenvalue weighted by atomic mass is 19.4. The van der Waals surface area contributed by atoms with Crippen LogP contribution in [0.3, 0.4) is 0 Å². The van der Waals surface area contributed by atoms with Gasteiger partial charge in [0, 0.05) is 11.3 Å². The lowest BCUT2D eigenvalue weighted by atomic mass is 10.0. The Bertz CT molecular complexity index is 669. The third kappa shape index (κ3) is 3.26. The summed E-state index contributed by atoms with van der Waals surface area (Å²) in [6.07, 6.45) is -4.74. The monoisotopic (exact) mass is 297 g/mol. The molecule has 1 heterocycles. The molecule has 0 aliphatic rings. The van der Waals surface area contributed by atoms with Crippen molar-refractivity contribution in [3.63, 3.8) is 0 Å². The third-order valence-electron chi connectivity index (χ3n) is 3.39. The summed E-state index contributed by atoms with van der Waals surface area (Å²) in [7, 11) is 0. The first-order valence-electron chi connectivity index (χ1n) is 6.25. The Kier molecular flexibility index (Phi) is 3.80. The summed E-state index contributed by atoms with van der Waals surface area (Å²) in [6.45, 7) is 5.59. The topological polar surface area (TPSA) is 42.1 Å². The Balaban J connectivity index is 2.26. The number of aromatic amines is 1. The second kappa shape index (κ2) is 5.27. The average Bonchev–Trinajstić information content (AvgIpc) is 2.65. The van der Waals surface area contributed by atoms with Crippen LogP contribution in [0.5, 0.6) is 5.75 Å². The lowest BCUT2D eigenvalue weighted by Crippen LogP contribution is -2.17. The van der Waals surface area contributed by atoms with Gasteiger partial charge in [-0.15, -0.1) is 13.2 Å². The van der Waals surface area contributed by atoms with Crippen LogP contribution in [-0.4, -0.2) is 17.1 Å². The summed E-state index contributed by atoms with van der Waals surface area (Å²) in [6, 6.07) is 4.88. The number of alkyl halides is 3. The molecular weight excluding hydrogens is 283 g/mol. The number of ether oxygens (including phenoxy) is 1. The van der Waals surface area contributed by atoms with E-state index in [0.717, 1.165) is 29.0 Å². The van der Waals surface area contributed by atoms with Gasteiger partial charge in [-0.25, -0.2) is 0 Å². The summed E-state index contributed by atoms with van der Waals surface area (Å²) < 4.78 is 40.0. The molecule has 0 fully saturated rings. The van der Waals surface area contributed by atoms with Crippen molar-refractivity contribution in [3.05, 3.63) is 52.3 Å². The second-order valence-electron chi connectivity index (χ2n) is 4.78. The van der Waals surface area contributed by atoms with Crippen LogP contribution in [-0.2, 0) is 0 Å². The smallest absolute Gasteiger partial charge is 0.406 e. The summed E-state index contributed by atoms with van der Waals surface area (Å²) in [5.74, 6) is -0.614. The van der Waals surface area contributed by atoms with Crippen LogP contribution >= 0.6 is 0 Å². The van der Waals surface area contributed by atoms with E-state index in [9.17, 15) is 18.0 Å². The largest absolute Gasteiger partial charge is 0.573 e. The van der Waals surface area contributed by atoms with Gasteiger partial charge in [0.25, 0.3) is 0 Å². The van der Waals surface area contributed by atoms with Gasteiger partial charge in [-0.05, 0) is 56.2 Å². The number of halogens is 3. The van der Waals surface area contributed by atoms with E-state index in [1.807, 2.05) is 20.8 Å². The zero-order chi connectivity index (χ0) is 15.8. The van der Waals surface area contributed by atoms with Crippen molar-refractivity contribution in [3.8, 4) is 5.75 Å². The quantitative estimate of drug-likeness (QED) is 0.868. The number of benzene rings is 1. The molecule has 0 spiro atoms. The van der Waals surface area contributed by atoms with Crippen molar-refractivity contribution in [2.24, 2.45) is 0 Å². The Hall–Kier alpha value is -2.24. The van der Waals surface area contributed by atoms with E-state index in [4.69, 9.17) is 0 Å². The molecule has 0 unspecified atom stereocenters. The molecule has 21 heavy (non-hydrogen) atoms. The molecule has 0 aliphatic carbocycles. The molecule has 6 heteroatoms. The molecule has 1 aromatic carbocycles. The summed E-state index contributed by atoms with van der Waals surface area (Å²) in [5.41, 5.74) is 3.49. The molecule has 0 amide bonds. The van der Waals surface area contributed by atoms with Crippen molar-refractivity contribution < 1.29 is 22.7 Å². The van der Waals surface area contributed by atoms with Crippen LogP contribution < -0.4 is 4.74 Å². The van der Waals surface area contributed by atoms with Crippen molar-refractivity contribution in [2.75, 3.05) is 0 Å². The number of hydrogen-bond donors (Lipinski definition) is 1. The van der Waals surface area contributed by atoms with Gasteiger partial charge in [0.2, 0.25) is 5.78 Å². The second-order valence-corrected chi connectivity index (χ2v) is 4.78. The lowest BCUT2D eigenvalue weighted by molar-refractivity contribution is -0.274. The number of aromatic nitrogens is 1. The van der Waals surface area contributed by atoms with Crippen molar-refractivity contribution in [1.82, 2.24) is 4.98 Å². The molecule has 1 aromatic heterocycles. The number of nitrogens with one attached hydrogen (secondary N) is 1. The molecule has 0 saturated heterocycles. The Morgan fingerprint density at radius 2 is 1.62 bits per heavy atom. The van der Waals surface area contributed by atoms with Crippen LogP contribution in [0, 0.1) is 20.8 Å². The van der Waals surface area contributed by atoms with Gasteiger partial charge < -0.3 is 9.72 Å². The highest BCUT2D eigenvalue weighted by molar-refractivity contribution is 6.09. The van der Waals surface area contributed by atoms with E-state index in [-0.39, 0.29) is 11.5 Å². The van der Waals surface area contributed by atoms with E-state index in [0.29, 0.717) is 11.3 Å². The van der Waals surface area contributed by atoms with Gasteiger partial charge in [0.15, 0.2) is 0 Å². The number of aryl methyl sites for hydroxylation is 1. The fourth-order valence-electron chi connectivity index (χ4n) is 2.02. The van der Waals surface area contributed by atoms with Crippen LogP contribution in [0.2, 0.25) is 0 Å². The molecule has 0 bridgehead atoms. The summed E-state index contributed by atoms with van der Waals surface area (Å²) in [5, 5.41) is 0. The minimum atomic E-state index is -4.74. The van der Waals surface area contributed by atoms with Gasteiger partial charge >= 0.3 is 6.36 Å². The number of carbonyl (C=O) groups excluding carboxylic acids is 1. The fourth-order valence-corrected chi connectivity index (χ4v) is 2.02. The molecular formula is C15H14F3NO2. The Morgan fingerprint density at radius 3 is 2.05 bits per heavy atom. The van der Waals surface area contributed by atoms with Crippen molar-refractivity contribution >= 4 is 5.78 Å². The van der Waals surface area contributed by atoms with Crippen LogP contribution in [0.1, 0.15) is 32.9 Å². The number of hydrogen-bond acceptors (Lipinski definition) is 2. The fraction of sp³-hybridized carbons (Fsp3) is 0.267. The summed E-state index contributed by atoms with van der Waals surface area (Å²) >= 11 is 0. The molecule has 0 aliphatic heterocycles. The van der Waals surface area contributed by atoms with Crippen molar-refractivity contribution in [2.45, 2.75) is 27.1 Å². The first kappa shape index (κ1) is 15.2. The first-order valence-corrected chi connectivity index (χ1v) is 6.25. The maximum atomic E-state index is 12.3. The number of rotatable bonds is 3. The van der Waals surface area contributed by atoms with Gasteiger partial charge in [-0.2, -0.15) is 0 Å². The van der Waals surface area contributed by atoms with Crippen LogP contribution in [0.25, 0.3) is 0 Å². The van der Waals surface area contributed by atoms with E-state index in [1.54, 1.807) is 0 Å². The molecule has 2 aromatic rings. The Morgan fingerprint density at radius 1 is 1.05 bits per heavy atom. The third-order valence-corrected chi connectivity index (χ3v) is 3.39. The maximum Gasteiger partial charge on any atom is 0.573 e. The Labute approximate surface area is 119 Å². The van der Waals surface area contributed by atoms with Gasteiger partial charge in [0.05, 0.1) is 5.69 Å². The zero-order valence-corrected chi connectivity index (χ0v) is 11.8. The van der Waals surface area contributed by atoms with Gasteiger partial charge in [0.1, 0.15) is 5.75 Å². The predicted molar refractivity (Wildman–Crippen MR) is 71.6 cm³/mol. The zero-order valence-electron chi connectivity index (χ0n) is 11.8. The minimum absolute atomic E-state index is 0.262. The molecule has 0 radical (unpaired) electrons. The van der Waals surface area contributed by atoms with Crippen LogP contribution in [0.4, 0.5) is 13.2 Å². The average molecular weight is 297 g/mol. The lowest BCUT2D eigenvalue weighted by Gasteiger charge is -2.09. The molecule has 0 atom stereocenters. The molecule has 112 valence electrons. The standard InChI is InChI=1S/C15H14F3NO2/c1-8-9(2)13(19-10(8)3)14(20)11-4-6-12(7-5-11)21-15(16,17)18/h4-7,19H,1-3H3. The molecule has 1 N–H and O–H groups in total. The number of H-pyrrole nitrogens is 1. The van der Waals surface area contributed by atoms with E-state index in [1.165, 1.54) is 12.1 Å². The van der Waals surface area contributed by atoms with Gasteiger partial charge in [-0.1, -0.05) is 0 Å². The first-order chi connectivity index (χ1) is 9.69. The molecule has 0 saturated carbocycles. The predicted octanol–water partition coefficient (Wildman–Crippen LogP) is 4.07. The molecule has 3 nitrogen and oxygen atoms in total. The molecule has 2 rings (SSSR count). The number of carbonyl (C=O) groups is 1. The van der Waals surface area contributed by atoms with E-state index < -0.39 is 6.36 Å². The van der Waals surface area contributed by atoms with Gasteiger partial charge in [-0.3, -0.25) is 4.79 Å². The number of ketones is 1. The normalized spacial score (nSPS) is 11.5. The minimum Gasteiger partial charge on any atom is -0.406 e. The summed E-state index contributed by atoms with van der Waals surface area (Å²) in [4.78, 5) is 15.3. The highest BCUT2D eigenvalue weighted by Gasteiger charge is 2.31. The van der Waals surface area contributed by atoms with Crippen LogP contribution in [0.15, 0.2) is 24.3 Å². The SMILES string of the molecule is Cc1[nH]c(C(=O)c2ccc(OC(F)(F)F)cc2)c(C)c1C.